The Morgan fingerprint density at radius 3 is 2.82 bits per heavy atom. The van der Waals surface area contributed by atoms with Gasteiger partial charge >= 0.3 is 6.01 Å². The maximum absolute atomic E-state index is 15.6. The molecule has 1 aromatic heterocycles. The van der Waals surface area contributed by atoms with Gasteiger partial charge in [-0.2, -0.15) is 9.97 Å². The van der Waals surface area contributed by atoms with Crippen molar-refractivity contribution < 1.29 is 18.3 Å². The zero-order chi connectivity index (χ0) is 26.8. The average molecular weight is 522 g/mol. The van der Waals surface area contributed by atoms with Crippen LogP contribution in [-0.4, -0.2) is 60.1 Å². The van der Waals surface area contributed by atoms with Crippen molar-refractivity contribution >= 4 is 22.6 Å². The van der Waals surface area contributed by atoms with Crippen molar-refractivity contribution in [2.24, 2.45) is 0 Å². The Morgan fingerprint density at radius 2 is 2.05 bits per heavy atom. The van der Waals surface area contributed by atoms with E-state index in [2.05, 4.69) is 52.1 Å². The topological polar surface area (TPSA) is 79.4 Å². The number of rotatable bonds is 9. The van der Waals surface area contributed by atoms with E-state index in [0.29, 0.717) is 34.8 Å². The van der Waals surface area contributed by atoms with E-state index in [4.69, 9.17) is 4.74 Å². The molecule has 200 valence electrons. The quantitative estimate of drug-likeness (QED) is 0.306. The molecule has 9 heteroatoms. The van der Waals surface area contributed by atoms with Gasteiger partial charge in [-0.15, -0.1) is 0 Å². The molecule has 2 heterocycles. The molecule has 0 saturated carbocycles. The van der Waals surface area contributed by atoms with Gasteiger partial charge in [-0.05, 0) is 74.0 Å². The third-order valence-electron chi connectivity index (χ3n) is 7.65. The van der Waals surface area contributed by atoms with Gasteiger partial charge in [-0.3, -0.25) is 4.79 Å². The fraction of sp³-hybridized carbons (Fsp3) is 0.414. The lowest BCUT2D eigenvalue weighted by Gasteiger charge is -2.19. The fourth-order valence-corrected chi connectivity index (χ4v) is 5.46. The van der Waals surface area contributed by atoms with Crippen LogP contribution in [0.3, 0.4) is 0 Å². The van der Waals surface area contributed by atoms with E-state index >= 15 is 4.39 Å². The summed E-state index contributed by atoms with van der Waals surface area (Å²) >= 11 is 0. The van der Waals surface area contributed by atoms with E-state index in [9.17, 15) is 9.18 Å². The number of ether oxygens (including phenoxy) is 1. The number of likely N-dealkylation sites (N-methyl/N-ethyl adjacent to an activating group) is 1. The standard InChI is InChI=1S/C29H33F2N5O2/c1-17-9-10-22-20(17)7-4-8-21(22)23-15-26-24(14-25(23)31)27(32-11-12-33-28(37)18(2)30)35-29(34-26)38-16-19-6-5-13-36(19)3/h4,7-8,14-15,17,19H,2,5-6,9-13,16H2,1,3H3,(H,33,37)(H,32,34,35)/t17?,19-/m0/s1. The molecule has 0 spiro atoms. The number of amides is 1. The van der Waals surface area contributed by atoms with E-state index in [0.717, 1.165) is 37.8 Å². The number of benzene rings is 2. The van der Waals surface area contributed by atoms with E-state index in [1.54, 1.807) is 6.07 Å². The fourth-order valence-electron chi connectivity index (χ4n) is 5.46. The number of likely N-dealkylation sites (tertiary alicyclic amines) is 1. The smallest absolute Gasteiger partial charge is 0.318 e. The van der Waals surface area contributed by atoms with Crippen LogP contribution in [0.25, 0.3) is 22.0 Å². The van der Waals surface area contributed by atoms with Crippen LogP contribution in [0.1, 0.15) is 43.2 Å². The van der Waals surface area contributed by atoms with Gasteiger partial charge in [0.1, 0.15) is 18.2 Å². The lowest BCUT2D eigenvalue weighted by atomic mass is 9.94. The minimum absolute atomic E-state index is 0.130. The first-order chi connectivity index (χ1) is 18.3. The summed E-state index contributed by atoms with van der Waals surface area (Å²) in [6, 6.07) is 9.78. The Balaban J connectivity index is 1.48. The van der Waals surface area contributed by atoms with E-state index in [-0.39, 0.29) is 31.0 Å². The Morgan fingerprint density at radius 1 is 1.21 bits per heavy atom. The first-order valence-electron chi connectivity index (χ1n) is 13.1. The van der Waals surface area contributed by atoms with Crippen LogP contribution in [0.5, 0.6) is 6.01 Å². The second-order valence-corrected chi connectivity index (χ2v) is 10.2. The molecule has 1 aliphatic heterocycles. The summed E-state index contributed by atoms with van der Waals surface area (Å²) in [6.45, 7) is 7.04. The van der Waals surface area contributed by atoms with Gasteiger partial charge in [0.05, 0.1) is 5.52 Å². The molecule has 3 aromatic rings. The Labute approximate surface area is 221 Å². The summed E-state index contributed by atoms with van der Waals surface area (Å²) in [5, 5.41) is 6.04. The van der Waals surface area contributed by atoms with Gasteiger partial charge in [-0.25, -0.2) is 8.78 Å². The molecular formula is C29H33F2N5O2. The lowest BCUT2D eigenvalue weighted by Crippen LogP contribution is -2.31. The lowest BCUT2D eigenvalue weighted by molar-refractivity contribution is -0.118. The first-order valence-corrected chi connectivity index (χ1v) is 13.1. The van der Waals surface area contributed by atoms with Crippen LogP contribution in [-0.2, 0) is 11.2 Å². The molecule has 2 N–H and O–H groups in total. The van der Waals surface area contributed by atoms with Gasteiger partial charge in [0, 0.05) is 30.1 Å². The molecule has 2 aliphatic rings. The van der Waals surface area contributed by atoms with E-state index in [1.165, 1.54) is 17.2 Å². The number of hydrogen-bond donors (Lipinski definition) is 2. The predicted molar refractivity (Wildman–Crippen MR) is 145 cm³/mol. The number of nitrogens with one attached hydrogen (secondary N) is 2. The van der Waals surface area contributed by atoms with Gasteiger partial charge in [0.15, 0.2) is 5.83 Å². The second-order valence-electron chi connectivity index (χ2n) is 10.2. The number of anilines is 1. The molecule has 1 fully saturated rings. The number of aromatic nitrogens is 2. The van der Waals surface area contributed by atoms with Crippen molar-refractivity contribution in [3.8, 4) is 17.1 Å². The highest BCUT2D eigenvalue weighted by Gasteiger charge is 2.25. The van der Waals surface area contributed by atoms with Gasteiger partial charge < -0.3 is 20.3 Å². The third-order valence-corrected chi connectivity index (χ3v) is 7.65. The highest BCUT2D eigenvalue weighted by atomic mass is 19.1. The summed E-state index contributed by atoms with van der Waals surface area (Å²) in [5.41, 5.74) is 4.41. The predicted octanol–water partition coefficient (Wildman–Crippen LogP) is 4.97. The van der Waals surface area contributed by atoms with Crippen LogP contribution in [0.15, 0.2) is 42.7 Å². The molecular weight excluding hydrogens is 488 g/mol. The van der Waals surface area contributed by atoms with Crippen molar-refractivity contribution in [1.82, 2.24) is 20.2 Å². The van der Waals surface area contributed by atoms with E-state index in [1.807, 2.05) is 12.1 Å². The molecule has 1 saturated heterocycles. The molecule has 5 rings (SSSR count). The highest BCUT2D eigenvalue weighted by Crippen LogP contribution is 2.40. The summed E-state index contributed by atoms with van der Waals surface area (Å²) in [7, 11) is 2.07. The molecule has 1 aliphatic carbocycles. The van der Waals surface area contributed by atoms with Gasteiger partial charge in [0.2, 0.25) is 0 Å². The van der Waals surface area contributed by atoms with Crippen LogP contribution in [0, 0.1) is 5.82 Å². The molecule has 2 aromatic carbocycles. The summed E-state index contributed by atoms with van der Waals surface area (Å²) < 4.78 is 34.6. The van der Waals surface area contributed by atoms with Crippen molar-refractivity contribution in [2.75, 3.05) is 38.6 Å². The molecule has 7 nitrogen and oxygen atoms in total. The Kier molecular flexibility index (Phi) is 7.56. The van der Waals surface area contributed by atoms with Crippen LogP contribution >= 0.6 is 0 Å². The number of fused-ring (bicyclic) bond motifs is 2. The summed E-state index contributed by atoms with van der Waals surface area (Å²) in [5.74, 6) is -1.45. The van der Waals surface area contributed by atoms with Gasteiger partial charge in [0.25, 0.3) is 5.91 Å². The second kappa shape index (κ2) is 11.0. The summed E-state index contributed by atoms with van der Waals surface area (Å²) in [6.07, 6.45) is 4.13. The summed E-state index contributed by atoms with van der Waals surface area (Å²) in [4.78, 5) is 22.9. The number of halogens is 2. The maximum atomic E-state index is 15.6. The minimum Gasteiger partial charge on any atom is -0.462 e. The van der Waals surface area contributed by atoms with Crippen molar-refractivity contribution in [2.45, 2.75) is 44.6 Å². The largest absolute Gasteiger partial charge is 0.462 e. The van der Waals surface area contributed by atoms with Crippen molar-refractivity contribution in [3.05, 3.63) is 59.7 Å². The highest BCUT2D eigenvalue weighted by molar-refractivity contribution is 5.93. The zero-order valence-corrected chi connectivity index (χ0v) is 21.8. The maximum Gasteiger partial charge on any atom is 0.318 e. The number of hydrogen-bond acceptors (Lipinski definition) is 6. The van der Waals surface area contributed by atoms with Crippen LogP contribution < -0.4 is 15.4 Å². The molecule has 0 radical (unpaired) electrons. The van der Waals surface area contributed by atoms with Crippen molar-refractivity contribution in [1.29, 1.82) is 0 Å². The van der Waals surface area contributed by atoms with Gasteiger partial charge in [-0.1, -0.05) is 31.7 Å². The number of carbonyl (C=O) groups is 1. The van der Waals surface area contributed by atoms with Crippen LogP contribution in [0.4, 0.5) is 14.6 Å². The minimum atomic E-state index is -1.05. The van der Waals surface area contributed by atoms with Crippen LogP contribution in [0.2, 0.25) is 0 Å². The molecule has 38 heavy (non-hydrogen) atoms. The third kappa shape index (κ3) is 5.34. The molecule has 2 atom stereocenters. The molecule has 1 amide bonds. The monoisotopic (exact) mass is 521 g/mol. The Hall–Kier alpha value is -3.59. The SMILES string of the molecule is C=C(F)C(=O)NCCNc1nc(OC[C@@H]2CCCN2C)nc2cc(-c3cccc4c3CCC4C)c(F)cc12. The zero-order valence-electron chi connectivity index (χ0n) is 21.8. The first kappa shape index (κ1) is 26.0. The van der Waals surface area contributed by atoms with E-state index < -0.39 is 11.7 Å². The molecule has 1 unspecified atom stereocenters. The Bertz CT molecular complexity index is 1380. The van der Waals surface area contributed by atoms with Crippen molar-refractivity contribution in [3.63, 3.8) is 0 Å². The number of nitrogens with zero attached hydrogens (tertiary/aromatic N) is 3. The normalized spacial score (nSPS) is 18.9. The number of carbonyl (C=O) groups excluding carboxylic acids is 1. The molecule has 0 bridgehead atoms. The average Bonchev–Trinajstić information content (AvgIpc) is 3.49.